The molecule has 0 unspecified atom stereocenters. The van der Waals surface area contributed by atoms with Crippen LogP contribution in [0.4, 0.5) is 8.78 Å². The number of benzene rings is 1. The zero-order chi connectivity index (χ0) is 16.7. The molecule has 23 heavy (non-hydrogen) atoms. The van der Waals surface area contributed by atoms with Gasteiger partial charge in [0, 0.05) is 10.5 Å². The standard InChI is InChI=1S/C14H9Br2F2N3O2/c1-6-2-7(15)3-8-12(6)19-13(23-14(8)22)9-4-10(16)20-21(9)5-11(17)18/h2-4,11H,5H2,1H3. The van der Waals surface area contributed by atoms with E-state index in [1.54, 1.807) is 13.0 Å². The number of rotatable bonds is 3. The van der Waals surface area contributed by atoms with Crippen molar-refractivity contribution >= 4 is 42.8 Å². The summed E-state index contributed by atoms with van der Waals surface area (Å²) < 4.78 is 32.7. The van der Waals surface area contributed by atoms with Gasteiger partial charge in [0.05, 0.1) is 10.9 Å². The molecule has 9 heteroatoms. The first kappa shape index (κ1) is 16.3. The van der Waals surface area contributed by atoms with E-state index in [2.05, 4.69) is 41.9 Å². The third-order valence-corrected chi connectivity index (χ3v) is 4.01. The second-order valence-corrected chi connectivity index (χ2v) is 6.58. The van der Waals surface area contributed by atoms with Crippen molar-refractivity contribution in [3.8, 4) is 11.6 Å². The summed E-state index contributed by atoms with van der Waals surface area (Å²) in [5.41, 5.74) is 0.844. The molecule has 3 rings (SSSR count). The van der Waals surface area contributed by atoms with Gasteiger partial charge in [-0.1, -0.05) is 15.9 Å². The highest BCUT2D eigenvalue weighted by Crippen LogP contribution is 2.25. The van der Waals surface area contributed by atoms with Gasteiger partial charge < -0.3 is 4.42 Å². The van der Waals surface area contributed by atoms with Crippen LogP contribution in [0.1, 0.15) is 5.56 Å². The lowest BCUT2D eigenvalue weighted by Crippen LogP contribution is -2.11. The molecule has 5 nitrogen and oxygen atoms in total. The van der Waals surface area contributed by atoms with Gasteiger partial charge in [-0.25, -0.2) is 18.6 Å². The van der Waals surface area contributed by atoms with E-state index in [1.165, 1.54) is 6.07 Å². The second-order valence-electron chi connectivity index (χ2n) is 4.85. The lowest BCUT2D eigenvalue weighted by atomic mass is 10.1. The Kier molecular flexibility index (Phi) is 4.33. The van der Waals surface area contributed by atoms with Crippen molar-refractivity contribution in [3.63, 3.8) is 0 Å². The Bertz CT molecular complexity index is 953. The first-order valence-electron chi connectivity index (χ1n) is 6.48. The average molecular weight is 449 g/mol. The number of hydrogen-bond donors (Lipinski definition) is 0. The Balaban J connectivity index is 2.24. The Labute approximate surface area is 145 Å². The van der Waals surface area contributed by atoms with Crippen LogP contribution in [0.25, 0.3) is 22.5 Å². The van der Waals surface area contributed by atoms with E-state index in [1.807, 2.05) is 6.07 Å². The minimum Gasteiger partial charge on any atom is -0.401 e. The van der Waals surface area contributed by atoms with Crippen molar-refractivity contribution in [2.75, 3.05) is 0 Å². The molecule has 3 aromatic rings. The number of hydrogen-bond acceptors (Lipinski definition) is 4. The van der Waals surface area contributed by atoms with Gasteiger partial charge in [-0.2, -0.15) is 5.10 Å². The summed E-state index contributed by atoms with van der Waals surface area (Å²) in [4.78, 5) is 16.5. The first-order valence-corrected chi connectivity index (χ1v) is 8.06. The summed E-state index contributed by atoms with van der Waals surface area (Å²) in [6.07, 6.45) is -2.59. The zero-order valence-corrected chi connectivity index (χ0v) is 14.9. The minimum absolute atomic E-state index is 0.0493. The van der Waals surface area contributed by atoms with E-state index < -0.39 is 18.6 Å². The highest BCUT2D eigenvalue weighted by Gasteiger charge is 2.18. The molecule has 0 aliphatic heterocycles. The van der Waals surface area contributed by atoms with E-state index in [0.717, 1.165) is 14.7 Å². The number of aryl methyl sites for hydroxylation is 1. The second kappa shape index (κ2) is 6.12. The Morgan fingerprint density at radius 2 is 2.04 bits per heavy atom. The van der Waals surface area contributed by atoms with Crippen molar-refractivity contribution in [1.29, 1.82) is 0 Å². The van der Waals surface area contributed by atoms with Crippen LogP contribution < -0.4 is 5.63 Å². The van der Waals surface area contributed by atoms with Crippen LogP contribution in [0.3, 0.4) is 0 Å². The molecule has 2 heterocycles. The van der Waals surface area contributed by atoms with Crippen molar-refractivity contribution in [2.45, 2.75) is 19.9 Å². The van der Waals surface area contributed by atoms with Gasteiger partial charge in [-0.05, 0) is 40.5 Å². The molecular weight excluding hydrogens is 440 g/mol. The third kappa shape index (κ3) is 3.20. The van der Waals surface area contributed by atoms with E-state index in [9.17, 15) is 13.6 Å². The van der Waals surface area contributed by atoms with E-state index in [0.29, 0.717) is 15.5 Å². The number of halogens is 4. The Hall–Kier alpha value is -1.61. The fourth-order valence-corrected chi connectivity index (χ4v) is 3.22. The van der Waals surface area contributed by atoms with Gasteiger partial charge in [-0.15, -0.1) is 0 Å². The molecule has 0 atom stereocenters. The number of nitrogens with zero attached hydrogens (tertiary/aromatic N) is 3. The Morgan fingerprint density at radius 1 is 1.30 bits per heavy atom. The maximum atomic E-state index is 12.7. The molecule has 0 amide bonds. The normalized spacial score (nSPS) is 11.6. The molecule has 2 aromatic heterocycles. The number of aromatic nitrogens is 3. The van der Waals surface area contributed by atoms with Gasteiger partial charge in [0.2, 0.25) is 5.89 Å². The Morgan fingerprint density at radius 3 is 2.74 bits per heavy atom. The van der Waals surface area contributed by atoms with Crippen molar-refractivity contribution in [1.82, 2.24) is 14.8 Å². The smallest absolute Gasteiger partial charge is 0.347 e. The van der Waals surface area contributed by atoms with Crippen LogP contribution in [-0.4, -0.2) is 21.2 Å². The molecule has 0 saturated heterocycles. The van der Waals surface area contributed by atoms with E-state index in [-0.39, 0.29) is 11.6 Å². The predicted molar refractivity (Wildman–Crippen MR) is 87.6 cm³/mol. The fourth-order valence-electron chi connectivity index (χ4n) is 2.24. The van der Waals surface area contributed by atoms with Gasteiger partial charge in [0.15, 0.2) is 0 Å². The lowest BCUT2D eigenvalue weighted by molar-refractivity contribution is 0.122. The van der Waals surface area contributed by atoms with Crippen molar-refractivity contribution in [3.05, 3.63) is 43.3 Å². The highest BCUT2D eigenvalue weighted by atomic mass is 79.9. The summed E-state index contributed by atoms with van der Waals surface area (Å²) in [5, 5.41) is 4.24. The molecule has 1 aromatic carbocycles. The molecule has 0 bridgehead atoms. The topological polar surface area (TPSA) is 60.9 Å². The van der Waals surface area contributed by atoms with Crippen LogP contribution in [0.5, 0.6) is 0 Å². The highest BCUT2D eigenvalue weighted by molar-refractivity contribution is 9.10. The first-order chi connectivity index (χ1) is 10.8. The summed E-state index contributed by atoms with van der Waals surface area (Å²) >= 11 is 6.44. The van der Waals surface area contributed by atoms with Crippen LogP contribution >= 0.6 is 31.9 Å². The predicted octanol–water partition coefficient (Wildman–Crippen LogP) is 4.15. The van der Waals surface area contributed by atoms with Crippen molar-refractivity contribution < 1.29 is 13.2 Å². The van der Waals surface area contributed by atoms with Gasteiger partial charge >= 0.3 is 5.63 Å². The fraction of sp³-hybridized carbons (Fsp3) is 0.214. The molecule has 0 fully saturated rings. The quantitative estimate of drug-likeness (QED) is 0.603. The molecule has 0 aliphatic carbocycles. The summed E-state index contributed by atoms with van der Waals surface area (Å²) in [5.74, 6) is -0.0493. The average Bonchev–Trinajstić information content (AvgIpc) is 2.79. The third-order valence-electron chi connectivity index (χ3n) is 3.17. The number of alkyl halides is 2. The molecule has 120 valence electrons. The zero-order valence-electron chi connectivity index (χ0n) is 11.7. The maximum absolute atomic E-state index is 12.7. The minimum atomic E-state index is -2.59. The van der Waals surface area contributed by atoms with Crippen LogP contribution in [0.15, 0.2) is 36.5 Å². The molecule has 0 radical (unpaired) electrons. The van der Waals surface area contributed by atoms with Crippen molar-refractivity contribution in [2.24, 2.45) is 0 Å². The SMILES string of the molecule is Cc1cc(Br)cc2c(=O)oc(-c3cc(Br)nn3CC(F)F)nc12. The largest absolute Gasteiger partial charge is 0.401 e. The van der Waals surface area contributed by atoms with Gasteiger partial charge in [0.1, 0.15) is 16.8 Å². The van der Waals surface area contributed by atoms with Crippen LogP contribution in [0.2, 0.25) is 0 Å². The van der Waals surface area contributed by atoms with Gasteiger partial charge in [-0.3, -0.25) is 4.68 Å². The van der Waals surface area contributed by atoms with E-state index >= 15 is 0 Å². The monoisotopic (exact) mass is 447 g/mol. The lowest BCUT2D eigenvalue weighted by Gasteiger charge is -2.07. The molecule has 0 N–H and O–H groups in total. The summed E-state index contributed by atoms with van der Waals surface area (Å²) in [6, 6.07) is 4.90. The molecule has 0 saturated carbocycles. The van der Waals surface area contributed by atoms with Gasteiger partial charge in [0.25, 0.3) is 6.43 Å². The molecule has 0 aliphatic rings. The van der Waals surface area contributed by atoms with Crippen LogP contribution in [-0.2, 0) is 6.54 Å². The summed E-state index contributed by atoms with van der Waals surface area (Å²) in [6.45, 7) is 1.18. The molecule has 0 spiro atoms. The van der Waals surface area contributed by atoms with E-state index in [4.69, 9.17) is 4.42 Å². The number of fused-ring (bicyclic) bond motifs is 1. The molecular formula is C14H9Br2F2N3O2. The summed E-state index contributed by atoms with van der Waals surface area (Å²) in [7, 11) is 0. The maximum Gasteiger partial charge on any atom is 0.347 e. The van der Waals surface area contributed by atoms with Crippen LogP contribution in [0, 0.1) is 6.92 Å².